The van der Waals surface area contributed by atoms with Crippen LogP contribution in [0.2, 0.25) is 0 Å². The zero-order valence-electron chi connectivity index (χ0n) is 19.8. The van der Waals surface area contributed by atoms with Crippen LogP contribution in [0, 0.1) is 13.8 Å². The SMILES string of the molecule is CCC(C(=O)N1C[C@H](O)C[C@H]1C(=O)N[C@@H](C)c1ccc(-c2ocnc2C)cc1)c1cc(C)no1. The van der Waals surface area contributed by atoms with Crippen LogP contribution >= 0.6 is 0 Å². The molecule has 0 bridgehead atoms. The molecule has 3 heterocycles. The summed E-state index contributed by atoms with van der Waals surface area (Å²) in [5, 5.41) is 17.1. The summed E-state index contributed by atoms with van der Waals surface area (Å²) in [5.74, 6) is 0.100. The number of hydrogen-bond donors (Lipinski definition) is 2. The Morgan fingerprint density at radius 3 is 2.59 bits per heavy atom. The van der Waals surface area contributed by atoms with Gasteiger partial charge in [0.15, 0.2) is 12.2 Å². The van der Waals surface area contributed by atoms with Crippen molar-refractivity contribution < 1.29 is 23.6 Å². The third kappa shape index (κ3) is 4.75. The Kier molecular flexibility index (Phi) is 6.83. The fourth-order valence-corrected chi connectivity index (χ4v) is 4.45. The van der Waals surface area contributed by atoms with E-state index >= 15 is 0 Å². The molecule has 1 aliphatic heterocycles. The van der Waals surface area contributed by atoms with Gasteiger partial charge in [-0.25, -0.2) is 4.98 Å². The van der Waals surface area contributed by atoms with E-state index in [2.05, 4.69) is 15.5 Å². The van der Waals surface area contributed by atoms with Crippen LogP contribution in [0.5, 0.6) is 0 Å². The molecule has 1 aromatic carbocycles. The average Bonchev–Trinajstić information content (AvgIpc) is 3.54. The summed E-state index contributed by atoms with van der Waals surface area (Å²) >= 11 is 0. The molecular formula is C25H30N4O5. The highest BCUT2D eigenvalue weighted by atomic mass is 16.5. The molecule has 3 aromatic rings. The number of β-amino-alcohol motifs (C(OH)–C–C–N with tert-alkyl or cyclic N) is 1. The van der Waals surface area contributed by atoms with Crippen LogP contribution in [0.4, 0.5) is 0 Å². The summed E-state index contributed by atoms with van der Waals surface area (Å²) in [6.07, 6.45) is 1.35. The first kappa shape index (κ1) is 23.7. The van der Waals surface area contributed by atoms with Crippen molar-refractivity contribution in [2.24, 2.45) is 0 Å². The minimum absolute atomic E-state index is 0.111. The number of benzene rings is 1. The Bertz CT molecular complexity index is 1150. The number of nitrogens with zero attached hydrogens (tertiary/aromatic N) is 3. The highest BCUT2D eigenvalue weighted by Gasteiger charge is 2.42. The van der Waals surface area contributed by atoms with E-state index in [-0.39, 0.29) is 30.8 Å². The zero-order valence-corrected chi connectivity index (χ0v) is 19.8. The third-order valence-corrected chi connectivity index (χ3v) is 6.34. The number of rotatable bonds is 7. The Morgan fingerprint density at radius 2 is 2.00 bits per heavy atom. The number of nitrogens with one attached hydrogen (secondary N) is 1. The van der Waals surface area contributed by atoms with Crippen LogP contribution in [0.15, 0.2) is 45.7 Å². The van der Waals surface area contributed by atoms with Gasteiger partial charge >= 0.3 is 0 Å². The standard InChI is InChI=1S/C25H30N4O5/c1-5-20(22-10-14(2)28-34-22)25(32)29-12-19(30)11-21(29)24(31)27-15(3)17-6-8-18(9-7-17)23-16(4)26-13-33-23/h6-10,13,15,19-21,30H,5,11-12H2,1-4H3,(H,27,31)/t15-,19+,20?,21-/m0/s1. The number of carbonyl (C=O) groups is 2. The van der Waals surface area contributed by atoms with Crippen molar-refractivity contribution in [3.8, 4) is 11.3 Å². The fraction of sp³-hybridized carbons (Fsp3) is 0.440. The van der Waals surface area contributed by atoms with Crippen molar-refractivity contribution in [2.75, 3.05) is 6.54 Å². The molecule has 4 rings (SSSR count). The third-order valence-electron chi connectivity index (χ3n) is 6.34. The summed E-state index contributed by atoms with van der Waals surface area (Å²) in [6.45, 7) is 7.55. The lowest BCUT2D eigenvalue weighted by Gasteiger charge is -2.28. The Hall–Kier alpha value is -3.46. The monoisotopic (exact) mass is 466 g/mol. The molecule has 1 aliphatic rings. The Morgan fingerprint density at radius 1 is 1.26 bits per heavy atom. The van der Waals surface area contributed by atoms with Crippen LogP contribution in [-0.4, -0.2) is 50.7 Å². The molecule has 4 atom stereocenters. The van der Waals surface area contributed by atoms with Gasteiger partial charge in [0.2, 0.25) is 11.8 Å². The fourth-order valence-electron chi connectivity index (χ4n) is 4.45. The van der Waals surface area contributed by atoms with Crippen LogP contribution in [0.1, 0.15) is 61.4 Å². The van der Waals surface area contributed by atoms with Gasteiger partial charge in [0, 0.05) is 24.6 Å². The lowest BCUT2D eigenvalue weighted by atomic mass is 10.0. The number of aromatic nitrogens is 2. The molecule has 2 N–H and O–H groups in total. The predicted octanol–water partition coefficient (Wildman–Crippen LogP) is 3.28. The van der Waals surface area contributed by atoms with E-state index in [4.69, 9.17) is 8.94 Å². The minimum Gasteiger partial charge on any atom is -0.443 e. The van der Waals surface area contributed by atoms with E-state index in [0.29, 0.717) is 23.6 Å². The van der Waals surface area contributed by atoms with Gasteiger partial charge < -0.3 is 24.3 Å². The number of amides is 2. The second-order valence-electron chi connectivity index (χ2n) is 8.85. The van der Waals surface area contributed by atoms with Crippen molar-refractivity contribution in [1.29, 1.82) is 0 Å². The van der Waals surface area contributed by atoms with E-state index in [0.717, 1.165) is 16.8 Å². The Balaban J connectivity index is 1.45. The average molecular weight is 467 g/mol. The molecule has 0 spiro atoms. The van der Waals surface area contributed by atoms with Crippen molar-refractivity contribution in [3.05, 3.63) is 59.4 Å². The molecule has 2 amide bonds. The number of aryl methyl sites for hydroxylation is 2. The van der Waals surface area contributed by atoms with E-state index in [9.17, 15) is 14.7 Å². The molecule has 9 heteroatoms. The first-order valence-corrected chi connectivity index (χ1v) is 11.5. The molecule has 1 saturated heterocycles. The molecule has 9 nitrogen and oxygen atoms in total. The van der Waals surface area contributed by atoms with E-state index < -0.39 is 18.1 Å². The maximum absolute atomic E-state index is 13.3. The van der Waals surface area contributed by atoms with Gasteiger partial charge in [0.25, 0.3) is 0 Å². The first-order valence-electron chi connectivity index (χ1n) is 11.5. The maximum Gasteiger partial charge on any atom is 0.243 e. The first-order chi connectivity index (χ1) is 16.3. The molecule has 2 aromatic heterocycles. The second-order valence-corrected chi connectivity index (χ2v) is 8.85. The maximum atomic E-state index is 13.3. The quantitative estimate of drug-likeness (QED) is 0.548. The number of hydrogen-bond acceptors (Lipinski definition) is 7. The van der Waals surface area contributed by atoms with Gasteiger partial charge in [0.05, 0.1) is 29.5 Å². The number of oxazole rings is 1. The molecule has 180 valence electrons. The summed E-state index contributed by atoms with van der Waals surface area (Å²) in [7, 11) is 0. The van der Waals surface area contributed by atoms with Crippen LogP contribution < -0.4 is 5.32 Å². The Labute approximate surface area is 198 Å². The van der Waals surface area contributed by atoms with Crippen molar-refractivity contribution in [1.82, 2.24) is 20.4 Å². The normalized spacial score (nSPS) is 19.7. The smallest absolute Gasteiger partial charge is 0.243 e. The van der Waals surface area contributed by atoms with Crippen LogP contribution in [-0.2, 0) is 9.59 Å². The van der Waals surface area contributed by atoms with Crippen molar-refractivity contribution >= 4 is 11.8 Å². The summed E-state index contributed by atoms with van der Waals surface area (Å²) in [6, 6.07) is 8.39. The lowest BCUT2D eigenvalue weighted by molar-refractivity contribution is -0.140. The topological polar surface area (TPSA) is 122 Å². The highest BCUT2D eigenvalue weighted by molar-refractivity contribution is 5.91. The molecule has 0 saturated carbocycles. The second kappa shape index (κ2) is 9.80. The molecule has 34 heavy (non-hydrogen) atoms. The van der Waals surface area contributed by atoms with Crippen molar-refractivity contribution in [3.63, 3.8) is 0 Å². The largest absolute Gasteiger partial charge is 0.443 e. The zero-order chi connectivity index (χ0) is 24.4. The number of likely N-dealkylation sites (tertiary alicyclic amines) is 1. The van der Waals surface area contributed by atoms with Gasteiger partial charge in [0.1, 0.15) is 11.8 Å². The molecule has 1 unspecified atom stereocenters. The number of carbonyl (C=O) groups excluding carboxylic acids is 2. The number of aliphatic hydroxyl groups is 1. The van der Waals surface area contributed by atoms with Gasteiger partial charge in [-0.1, -0.05) is 36.3 Å². The van der Waals surface area contributed by atoms with E-state index in [1.54, 1.807) is 13.0 Å². The lowest BCUT2D eigenvalue weighted by Crippen LogP contribution is -2.47. The predicted molar refractivity (Wildman–Crippen MR) is 124 cm³/mol. The molecular weight excluding hydrogens is 436 g/mol. The highest BCUT2D eigenvalue weighted by Crippen LogP contribution is 2.29. The summed E-state index contributed by atoms with van der Waals surface area (Å²) in [4.78, 5) is 32.1. The molecule has 1 fully saturated rings. The van der Waals surface area contributed by atoms with Gasteiger partial charge in [-0.15, -0.1) is 0 Å². The summed E-state index contributed by atoms with van der Waals surface area (Å²) < 4.78 is 10.8. The van der Waals surface area contributed by atoms with Crippen molar-refractivity contribution in [2.45, 2.75) is 64.6 Å². The van der Waals surface area contributed by atoms with Crippen LogP contribution in [0.3, 0.4) is 0 Å². The summed E-state index contributed by atoms with van der Waals surface area (Å²) in [5.41, 5.74) is 3.32. The van der Waals surface area contributed by atoms with E-state index in [1.165, 1.54) is 11.3 Å². The minimum atomic E-state index is -0.756. The van der Waals surface area contributed by atoms with Gasteiger partial charge in [-0.3, -0.25) is 9.59 Å². The molecule has 0 aliphatic carbocycles. The van der Waals surface area contributed by atoms with E-state index in [1.807, 2.05) is 45.0 Å². The van der Waals surface area contributed by atoms with Gasteiger partial charge in [-0.2, -0.15) is 0 Å². The van der Waals surface area contributed by atoms with Crippen LogP contribution in [0.25, 0.3) is 11.3 Å². The molecule has 0 radical (unpaired) electrons. The number of aliphatic hydroxyl groups excluding tert-OH is 1. The van der Waals surface area contributed by atoms with Gasteiger partial charge in [-0.05, 0) is 32.8 Å².